The topological polar surface area (TPSA) is 38.7 Å². The Morgan fingerprint density at radius 2 is 1.94 bits per heavy atom. The molecule has 1 aliphatic heterocycles. The summed E-state index contributed by atoms with van der Waals surface area (Å²) in [5, 5.41) is 4.10. The lowest BCUT2D eigenvalue weighted by Gasteiger charge is -2.22. The SMILES string of the molecule is O=C(C1=NO[C@H]2[C@@H]3CC[C@H](C3)[C@H]12)c1ccccc1. The van der Waals surface area contributed by atoms with Crippen molar-refractivity contribution in [2.24, 2.45) is 22.9 Å². The highest BCUT2D eigenvalue weighted by atomic mass is 16.6. The van der Waals surface area contributed by atoms with E-state index in [2.05, 4.69) is 5.16 Å². The maximum Gasteiger partial charge on any atom is 0.211 e. The molecule has 0 N–H and O–H groups in total. The molecule has 0 radical (unpaired) electrons. The molecule has 3 nitrogen and oxygen atoms in total. The van der Waals surface area contributed by atoms with Gasteiger partial charge < -0.3 is 4.84 Å². The van der Waals surface area contributed by atoms with E-state index in [0.717, 1.165) is 5.56 Å². The van der Waals surface area contributed by atoms with E-state index in [1.165, 1.54) is 19.3 Å². The van der Waals surface area contributed by atoms with Gasteiger partial charge in [0.05, 0.1) is 5.92 Å². The van der Waals surface area contributed by atoms with Gasteiger partial charge >= 0.3 is 0 Å². The van der Waals surface area contributed by atoms with Crippen LogP contribution < -0.4 is 0 Å². The summed E-state index contributed by atoms with van der Waals surface area (Å²) in [5.41, 5.74) is 1.39. The van der Waals surface area contributed by atoms with Crippen molar-refractivity contribution in [1.82, 2.24) is 0 Å². The van der Waals surface area contributed by atoms with E-state index >= 15 is 0 Å². The Labute approximate surface area is 106 Å². The predicted molar refractivity (Wildman–Crippen MR) is 67.4 cm³/mol. The largest absolute Gasteiger partial charge is 0.391 e. The third-order valence-corrected chi connectivity index (χ3v) is 4.70. The standard InChI is InChI=1S/C15H15NO2/c17-14(9-4-2-1-3-5-9)13-12-10-6-7-11(8-10)15(12)18-16-13/h1-5,10-12,15H,6-8H2/t10-,11-,12-,15+/m1/s1. The maximum absolute atomic E-state index is 12.5. The Morgan fingerprint density at radius 3 is 2.78 bits per heavy atom. The fraction of sp³-hybridized carbons (Fsp3) is 0.467. The van der Waals surface area contributed by atoms with Crippen LogP contribution in [0.2, 0.25) is 0 Å². The first-order valence-corrected chi connectivity index (χ1v) is 6.68. The molecule has 3 heteroatoms. The van der Waals surface area contributed by atoms with Gasteiger partial charge in [-0.2, -0.15) is 0 Å². The molecule has 0 aromatic heterocycles. The zero-order valence-corrected chi connectivity index (χ0v) is 10.1. The van der Waals surface area contributed by atoms with Gasteiger partial charge in [-0.25, -0.2) is 0 Å². The van der Waals surface area contributed by atoms with Crippen LogP contribution in [-0.2, 0) is 4.84 Å². The van der Waals surface area contributed by atoms with Crippen molar-refractivity contribution in [3.05, 3.63) is 35.9 Å². The first-order chi connectivity index (χ1) is 8.84. The molecule has 0 saturated heterocycles. The lowest BCUT2D eigenvalue weighted by atomic mass is 9.81. The molecular weight excluding hydrogens is 226 g/mol. The van der Waals surface area contributed by atoms with Crippen molar-refractivity contribution in [2.45, 2.75) is 25.4 Å². The summed E-state index contributed by atoms with van der Waals surface area (Å²) in [4.78, 5) is 18.0. The highest BCUT2D eigenvalue weighted by Gasteiger charge is 2.55. The second-order valence-electron chi connectivity index (χ2n) is 5.60. The van der Waals surface area contributed by atoms with E-state index in [-0.39, 0.29) is 17.8 Å². The zero-order valence-electron chi connectivity index (χ0n) is 10.1. The van der Waals surface area contributed by atoms with Crippen molar-refractivity contribution in [3.63, 3.8) is 0 Å². The van der Waals surface area contributed by atoms with E-state index in [0.29, 0.717) is 17.5 Å². The fourth-order valence-electron chi connectivity index (χ4n) is 3.88. The molecule has 1 aromatic rings. The number of hydrogen-bond donors (Lipinski definition) is 0. The quantitative estimate of drug-likeness (QED) is 0.747. The van der Waals surface area contributed by atoms with Crippen LogP contribution in [0, 0.1) is 17.8 Å². The Morgan fingerprint density at radius 1 is 1.17 bits per heavy atom. The van der Waals surface area contributed by atoms with Gasteiger partial charge in [0.15, 0.2) is 0 Å². The number of benzene rings is 1. The van der Waals surface area contributed by atoms with Gasteiger partial charge in [0.1, 0.15) is 11.8 Å². The summed E-state index contributed by atoms with van der Waals surface area (Å²) in [6.45, 7) is 0. The highest BCUT2D eigenvalue weighted by Crippen LogP contribution is 2.52. The maximum atomic E-state index is 12.5. The van der Waals surface area contributed by atoms with E-state index in [1.807, 2.05) is 30.3 Å². The minimum Gasteiger partial charge on any atom is -0.391 e. The summed E-state index contributed by atoms with van der Waals surface area (Å²) in [6, 6.07) is 9.41. The van der Waals surface area contributed by atoms with Crippen molar-refractivity contribution in [3.8, 4) is 0 Å². The number of oxime groups is 1. The Kier molecular flexibility index (Phi) is 2.10. The molecule has 2 bridgehead atoms. The number of carbonyl (C=O) groups excluding carboxylic acids is 1. The average molecular weight is 241 g/mol. The van der Waals surface area contributed by atoms with Gasteiger partial charge in [0.2, 0.25) is 5.78 Å². The summed E-state index contributed by atoms with van der Waals surface area (Å²) >= 11 is 0. The summed E-state index contributed by atoms with van der Waals surface area (Å²) < 4.78 is 0. The summed E-state index contributed by atoms with van der Waals surface area (Å²) in [7, 11) is 0. The van der Waals surface area contributed by atoms with Crippen molar-refractivity contribution >= 4 is 11.5 Å². The molecule has 2 saturated carbocycles. The first-order valence-electron chi connectivity index (χ1n) is 6.68. The van der Waals surface area contributed by atoms with Crippen LogP contribution in [0.15, 0.2) is 35.5 Å². The van der Waals surface area contributed by atoms with Gasteiger partial charge in [-0.15, -0.1) is 0 Å². The smallest absolute Gasteiger partial charge is 0.211 e. The third kappa shape index (κ3) is 1.30. The zero-order chi connectivity index (χ0) is 12.1. The fourth-order valence-corrected chi connectivity index (χ4v) is 3.88. The number of hydrogen-bond acceptors (Lipinski definition) is 3. The molecule has 0 unspecified atom stereocenters. The summed E-state index contributed by atoms with van der Waals surface area (Å²) in [6.07, 6.45) is 3.88. The molecule has 18 heavy (non-hydrogen) atoms. The molecule has 2 fully saturated rings. The molecule has 0 amide bonds. The molecule has 92 valence electrons. The van der Waals surface area contributed by atoms with Crippen LogP contribution in [0.5, 0.6) is 0 Å². The second-order valence-corrected chi connectivity index (χ2v) is 5.60. The van der Waals surface area contributed by atoms with E-state index in [4.69, 9.17) is 4.84 Å². The molecule has 4 atom stereocenters. The number of carbonyl (C=O) groups is 1. The Hall–Kier alpha value is -1.64. The van der Waals surface area contributed by atoms with Crippen LogP contribution in [-0.4, -0.2) is 17.6 Å². The number of nitrogens with zero attached hydrogens (tertiary/aromatic N) is 1. The Bertz CT molecular complexity index is 523. The van der Waals surface area contributed by atoms with Crippen LogP contribution in [0.25, 0.3) is 0 Å². The molecule has 0 spiro atoms. The van der Waals surface area contributed by atoms with Crippen LogP contribution >= 0.6 is 0 Å². The second kappa shape index (κ2) is 3.67. The number of ketones is 1. The van der Waals surface area contributed by atoms with E-state index in [9.17, 15) is 4.79 Å². The van der Waals surface area contributed by atoms with Crippen LogP contribution in [0.3, 0.4) is 0 Å². The minimum atomic E-state index is 0.0515. The van der Waals surface area contributed by atoms with Gasteiger partial charge in [0.25, 0.3) is 0 Å². The van der Waals surface area contributed by atoms with Crippen LogP contribution in [0.1, 0.15) is 29.6 Å². The minimum absolute atomic E-state index is 0.0515. The van der Waals surface area contributed by atoms with E-state index < -0.39 is 0 Å². The highest BCUT2D eigenvalue weighted by molar-refractivity contribution is 6.47. The molecule has 2 aliphatic carbocycles. The molecule has 1 heterocycles. The molecular formula is C15H15NO2. The van der Waals surface area contributed by atoms with Gasteiger partial charge in [-0.05, 0) is 31.1 Å². The van der Waals surface area contributed by atoms with Crippen molar-refractivity contribution in [2.75, 3.05) is 0 Å². The van der Waals surface area contributed by atoms with Gasteiger partial charge in [0, 0.05) is 5.56 Å². The van der Waals surface area contributed by atoms with Crippen LogP contribution in [0.4, 0.5) is 0 Å². The monoisotopic (exact) mass is 241 g/mol. The average Bonchev–Trinajstić information content (AvgIpc) is 3.11. The molecule has 1 aromatic carbocycles. The van der Waals surface area contributed by atoms with E-state index in [1.54, 1.807) is 0 Å². The molecule has 3 aliphatic rings. The first kappa shape index (κ1) is 10.3. The number of Topliss-reactive ketones (excluding diaryl/α,β-unsaturated/α-hetero) is 1. The number of fused-ring (bicyclic) bond motifs is 5. The third-order valence-electron chi connectivity index (χ3n) is 4.70. The van der Waals surface area contributed by atoms with Gasteiger partial charge in [-0.3, -0.25) is 4.79 Å². The lowest BCUT2D eigenvalue weighted by molar-refractivity contribution is 0.0275. The molecule has 4 rings (SSSR count). The lowest BCUT2D eigenvalue weighted by Crippen LogP contribution is -2.33. The normalized spacial score (nSPS) is 36.1. The van der Waals surface area contributed by atoms with Crippen molar-refractivity contribution in [1.29, 1.82) is 0 Å². The Balaban J connectivity index is 1.65. The number of rotatable bonds is 2. The van der Waals surface area contributed by atoms with Crippen molar-refractivity contribution < 1.29 is 9.63 Å². The summed E-state index contributed by atoms with van der Waals surface area (Å²) in [5.74, 6) is 1.56. The predicted octanol–water partition coefficient (Wildman–Crippen LogP) is 2.67. The van der Waals surface area contributed by atoms with Gasteiger partial charge in [-0.1, -0.05) is 35.5 Å².